The third-order valence-electron chi connectivity index (χ3n) is 4.92. The average Bonchev–Trinajstić information content (AvgIpc) is 2.77. The van der Waals surface area contributed by atoms with E-state index in [2.05, 4.69) is 19.9 Å². The number of nitrogens with zero attached hydrogens (tertiary/aromatic N) is 6. The van der Waals surface area contributed by atoms with Crippen LogP contribution < -0.4 is 34.4 Å². The Hall–Kier alpha value is -3.22. The van der Waals surface area contributed by atoms with Crippen molar-refractivity contribution in [3.05, 3.63) is 21.7 Å². The first-order valence-electron chi connectivity index (χ1n) is 10.3. The van der Waals surface area contributed by atoms with Crippen molar-refractivity contribution < 1.29 is 9.59 Å². The maximum atomic E-state index is 13.0. The Labute approximate surface area is 248 Å². The fourth-order valence-corrected chi connectivity index (χ4v) is 3.41. The highest BCUT2D eigenvalue weighted by molar-refractivity contribution is 8.93. The number of halogens is 4. The molecule has 0 aromatic carbocycles. The van der Waals surface area contributed by atoms with Crippen LogP contribution in [0.3, 0.4) is 0 Å². The highest BCUT2D eigenvalue weighted by Crippen LogP contribution is 2.21. The SMILES string of the molecule is Br.Br.CC(CCCCN(C(=N)N)C(=O)c1nc(Cl)c(N)nc1N)N(C(=N)N)C(=O)c1nc(Cl)c(N)nc1N. The summed E-state index contributed by atoms with van der Waals surface area (Å²) in [7, 11) is 0. The van der Waals surface area contributed by atoms with Gasteiger partial charge >= 0.3 is 0 Å². The molecule has 20 heteroatoms. The first-order valence-corrected chi connectivity index (χ1v) is 11.0. The van der Waals surface area contributed by atoms with E-state index in [0.29, 0.717) is 19.3 Å². The number of anilines is 4. The molecule has 210 valence electrons. The van der Waals surface area contributed by atoms with Gasteiger partial charge in [-0.05, 0) is 26.2 Å². The number of hydrogen-bond acceptors (Lipinski definition) is 12. The van der Waals surface area contributed by atoms with Crippen LogP contribution in [0.1, 0.15) is 47.2 Å². The molecule has 0 spiro atoms. The topological polar surface area (TPSA) is 296 Å². The summed E-state index contributed by atoms with van der Waals surface area (Å²) >= 11 is 11.7. The molecule has 14 N–H and O–H groups in total. The zero-order valence-electron chi connectivity index (χ0n) is 19.9. The van der Waals surface area contributed by atoms with Gasteiger partial charge in [0.25, 0.3) is 11.8 Å². The first-order chi connectivity index (χ1) is 16.8. The Balaban J connectivity index is 0.00000684. The molecular formula is C18H28Br2Cl2N14O2. The van der Waals surface area contributed by atoms with Gasteiger partial charge in [0, 0.05) is 12.6 Å². The molecule has 0 saturated carbocycles. The molecule has 2 aromatic heterocycles. The molecule has 38 heavy (non-hydrogen) atoms. The minimum atomic E-state index is -0.781. The van der Waals surface area contributed by atoms with E-state index in [-0.39, 0.29) is 85.5 Å². The summed E-state index contributed by atoms with van der Waals surface area (Å²) in [5.74, 6) is -3.47. The lowest BCUT2D eigenvalue weighted by Crippen LogP contribution is -2.47. The van der Waals surface area contributed by atoms with Crippen molar-refractivity contribution in [3.63, 3.8) is 0 Å². The van der Waals surface area contributed by atoms with E-state index in [9.17, 15) is 9.59 Å². The quantitative estimate of drug-likeness (QED) is 0.108. The van der Waals surface area contributed by atoms with Crippen LogP contribution in [0, 0.1) is 10.8 Å². The Bertz CT molecular complexity index is 1220. The Morgan fingerprint density at radius 1 is 0.789 bits per heavy atom. The molecule has 0 aliphatic rings. The van der Waals surface area contributed by atoms with Gasteiger partial charge in [-0.1, -0.05) is 23.2 Å². The van der Waals surface area contributed by atoms with Gasteiger partial charge in [0.1, 0.15) is 0 Å². The van der Waals surface area contributed by atoms with Gasteiger partial charge in [-0.15, -0.1) is 34.0 Å². The molecule has 2 amide bonds. The molecule has 2 rings (SSSR count). The van der Waals surface area contributed by atoms with E-state index in [1.165, 1.54) is 0 Å². The maximum absolute atomic E-state index is 13.0. The summed E-state index contributed by atoms with van der Waals surface area (Å²) in [6, 6.07) is -0.577. The summed E-state index contributed by atoms with van der Waals surface area (Å²) in [4.78, 5) is 42.9. The second kappa shape index (κ2) is 14.6. The number of aromatic nitrogens is 4. The standard InChI is InChI=1S/C18H26Cl2N14O2.2BrH/c1-6(34(18(27)28)16(36)8-12(22)32-14(24)10(20)30-8)4-2-3-5-33(17(25)26)15(35)7-11(21)31-13(23)9(19)29-7;;/h6H,2-5H2,1H3,(H3,25,26)(H3,27,28)(H4,21,23,31)(H4,22,24,32);2*1H. The smallest absolute Gasteiger partial charge is 0.283 e. The third-order valence-corrected chi connectivity index (χ3v) is 5.48. The predicted molar refractivity (Wildman–Crippen MR) is 157 cm³/mol. The highest BCUT2D eigenvalue weighted by atomic mass is 79.9. The van der Waals surface area contributed by atoms with Gasteiger partial charge in [-0.2, -0.15) is 0 Å². The number of rotatable bonds is 8. The van der Waals surface area contributed by atoms with E-state index >= 15 is 0 Å². The number of amides is 2. The summed E-state index contributed by atoms with van der Waals surface area (Å²) in [6.45, 7) is 1.67. The van der Waals surface area contributed by atoms with E-state index in [0.717, 1.165) is 9.80 Å². The van der Waals surface area contributed by atoms with Crippen LogP contribution in [0.15, 0.2) is 0 Å². The van der Waals surface area contributed by atoms with Crippen molar-refractivity contribution in [2.24, 2.45) is 11.5 Å². The number of guanidine groups is 2. The molecule has 0 aliphatic heterocycles. The van der Waals surface area contributed by atoms with Crippen LogP contribution in [0.5, 0.6) is 0 Å². The molecule has 2 aromatic rings. The van der Waals surface area contributed by atoms with Crippen LogP contribution in [0.2, 0.25) is 10.3 Å². The Morgan fingerprint density at radius 3 is 1.66 bits per heavy atom. The van der Waals surface area contributed by atoms with Gasteiger partial charge in [-0.3, -0.25) is 30.2 Å². The van der Waals surface area contributed by atoms with Crippen LogP contribution in [-0.4, -0.2) is 66.1 Å². The number of carbonyl (C=O) groups is 2. The normalized spacial score (nSPS) is 10.9. The lowest BCUT2D eigenvalue weighted by atomic mass is 10.1. The van der Waals surface area contributed by atoms with Crippen LogP contribution in [-0.2, 0) is 0 Å². The second-order valence-corrected chi connectivity index (χ2v) is 8.23. The van der Waals surface area contributed by atoms with Crippen LogP contribution >= 0.6 is 57.2 Å². The zero-order valence-corrected chi connectivity index (χ0v) is 24.9. The molecule has 0 bridgehead atoms. The molecule has 0 aliphatic carbocycles. The summed E-state index contributed by atoms with van der Waals surface area (Å²) in [6.07, 6.45) is 1.13. The van der Waals surface area contributed by atoms with Crippen molar-refractivity contribution in [2.75, 3.05) is 29.5 Å². The Kier molecular flexibility index (Phi) is 13.4. The fraction of sp³-hybridized carbons (Fsp3) is 0.333. The number of hydrogen-bond donors (Lipinski definition) is 8. The first kappa shape index (κ1) is 34.8. The number of nitrogens with two attached hydrogens (primary N) is 6. The lowest BCUT2D eigenvalue weighted by Gasteiger charge is -2.28. The molecule has 0 radical (unpaired) electrons. The third kappa shape index (κ3) is 8.14. The van der Waals surface area contributed by atoms with Crippen molar-refractivity contribution in [1.82, 2.24) is 29.7 Å². The number of unbranched alkanes of at least 4 members (excludes halogenated alkanes) is 1. The maximum Gasteiger partial charge on any atom is 0.283 e. The van der Waals surface area contributed by atoms with Gasteiger partial charge in [0.2, 0.25) is 0 Å². The van der Waals surface area contributed by atoms with Gasteiger partial charge in [0.05, 0.1) is 0 Å². The van der Waals surface area contributed by atoms with E-state index in [4.69, 9.17) is 68.4 Å². The fourth-order valence-electron chi connectivity index (χ4n) is 3.16. The second-order valence-electron chi connectivity index (χ2n) is 7.51. The van der Waals surface area contributed by atoms with Crippen molar-refractivity contribution in [1.29, 1.82) is 10.8 Å². The molecular weight excluding hydrogens is 675 g/mol. The lowest BCUT2D eigenvalue weighted by molar-refractivity contribution is 0.0796. The van der Waals surface area contributed by atoms with Gasteiger partial charge in [-0.25, -0.2) is 19.9 Å². The number of nitrogen functional groups attached to an aromatic ring is 4. The van der Waals surface area contributed by atoms with Crippen molar-refractivity contribution in [2.45, 2.75) is 32.2 Å². The highest BCUT2D eigenvalue weighted by Gasteiger charge is 2.29. The minimum Gasteiger partial charge on any atom is -0.382 e. The van der Waals surface area contributed by atoms with Crippen LogP contribution in [0.4, 0.5) is 23.3 Å². The van der Waals surface area contributed by atoms with Gasteiger partial charge in [0.15, 0.2) is 56.9 Å². The zero-order chi connectivity index (χ0) is 27.3. The Morgan fingerprint density at radius 2 is 1.24 bits per heavy atom. The number of nitrogens with one attached hydrogen (secondary N) is 2. The number of carbonyl (C=O) groups excluding carboxylic acids is 2. The van der Waals surface area contributed by atoms with Crippen molar-refractivity contribution >= 4 is 104 Å². The van der Waals surface area contributed by atoms with E-state index in [1.807, 2.05) is 0 Å². The van der Waals surface area contributed by atoms with Crippen LogP contribution in [0.25, 0.3) is 0 Å². The largest absolute Gasteiger partial charge is 0.382 e. The van der Waals surface area contributed by atoms with E-state index < -0.39 is 29.8 Å². The molecule has 16 nitrogen and oxygen atoms in total. The van der Waals surface area contributed by atoms with Gasteiger partial charge < -0.3 is 34.4 Å². The monoisotopic (exact) mass is 700 g/mol. The molecule has 1 atom stereocenters. The van der Waals surface area contributed by atoms with E-state index in [1.54, 1.807) is 6.92 Å². The summed E-state index contributed by atoms with van der Waals surface area (Å²) in [5.41, 5.74) is 33.1. The molecule has 2 heterocycles. The average molecular weight is 703 g/mol. The summed E-state index contributed by atoms with van der Waals surface area (Å²) < 4.78 is 0. The minimum absolute atomic E-state index is 0. The molecule has 0 fully saturated rings. The molecule has 1 unspecified atom stereocenters. The van der Waals surface area contributed by atoms with Crippen molar-refractivity contribution in [3.8, 4) is 0 Å². The predicted octanol–water partition coefficient (Wildman–Crippen LogP) is 0.988. The molecule has 0 saturated heterocycles. The summed E-state index contributed by atoms with van der Waals surface area (Å²) in [5, 5.41) is 15.1.